The van der Waals surface area contributed by atoms with Crippen LogP contribution in [0.5, 0.6) is 0 Å². The number of benzene rings is 1. The fourth-order valence-electron chi connectivity index (χ4n) is 2.16. The summed E-state index contributed by atoms with van der Waals surface area (Å²) in [6, 6.07) is 6.23. The normalized spacial score (nSPS) is 22.3. The number of carbonyl (C=O) groups is 1. The van der Waals surface area contributed by atoms with Crippen molar-refractivity contribution in [3.8, 4) is 0 Å². The van der Waals surface area contributed by atoms with Gasteiger partial charge in [-0.25, -0.2) is 0 Å². The van der Waals surface area contributed by atoms with E-state index in [2.05, 4.69) is 28.2 Å². The molecule has 2 unspecified atom stereocenters. The van der Waals surface area contributed by atoms with Gasteiger partial charge in [-0.3, -0.25) is 4.79 Å². The molecule has 0 bridgehead atoms. The van der Waals surface area contributed by atoms with Crippen LogP contribution in [0.15, 0.2) is 22.7 Å². The Morgan fingerprint density at radius 3 is 2.94 bits per heavy atom. The lowest BCUT2D eigenvalue weighted by Gasteiger charge is -2.07. The van der Waals surface area contributed by atoms with Crippen LogP contribution in [-0.2, 0) is 0 Å². The van der Waals surface area contributed by atoms with Crippen LogP contribution in [0.2, 0.25) is 0 Å². The van der Waals surface area contributed by atoms with E-state index >= 15 is 0 Å². The first-order valence-electron chi connectivity index (χ1n) is 6.19. The van der Waals surface area contributed by atoms with Crippen LogP contribution in [0.1, 0.15) is 42.1 Å². The van der Waals surface area contributed by atoms with Gasteiger partial charge < -0.3 is 5.32 Å². The Hall–Kier alpha value is -0.830. The Morgan fingerprint density at radius 2 is 2.29 bits per heavy atom. The minimum Gasteiger partial charge on any atom is -0.349 e. The van der Waals surface area contributed by atoms with Gasteiger partial charge in [0.1, 0.15) is 0 Å². The zero-order valence-corrected chi connectivity index (χ0v) is 11.9. The third kappa shape index (κ3) is 3.09. The number of nitrogens with one attached hydrogen (secondary N) is 1. The minimum absolute atomic E-state index is 0.0421. The maximum atomic E-state index is 12.0. The van der Waals surface area contributed by atoms with E-state index in [1.165, 1.54) is 12.8 Å². The summed E-state index contributed by atoms with van der Waals surface area (Å²) in [5.74, 6) is 0.744. The zero-order chi connectivity index (χ0) is 12.4. The lowest BCUT2D eigenvalue weighted by molar-refractivity contribution is 0.0948. The minimum atomic E-state index is 0.0421. The summed E-state index contributed by atoms with van der Waals surface area (Å²) >= 11 is 3.44. The number of carbonyl (C=O) groups excluding carboxylic acids is 1. The molecule has 1 aromatic carbocycles. The molecule has 1 aliphatic carbocycles. The van der Waals surface area contributed by atoms with Crippen molar-refractivity contribution in [2.24, 2.45) is 5.92 Å². The van der Waals surface area contributed by atoms with Crippen molar-refractivity contribution in [1.82, 2.24) is 5.32 Å². The molecule has 2 atom stereocenters. The van der Waals surface area contributed by atoms with Crippen molar-refractivity contribution in [3.05, 3.63) is 33.8 Å². The molecule has 1 aliphatic rings. The Balaban J connectivity index is 1.96. The largest absolute Gasteiger partial charge is 0.349 e. The molecule has 2 nitrogen and oxygen atoms in total. The van der Waals surface area contributed by atoms with Gasteiger partial charge in [0.15, 0.2) is 0 Å². The van der Waals surface area contributed by atoms with Crippen LogP contribution >= 0.6 is 15.9 Å². The Kier molecular flexibility index (Phi) is 3.87. The second-order valence-corrected chi connectivity index (χ2v) is 5.70. The summed E-state index contributed by atoms with van der Waals surface area (Å²) in [7, 11) is 0. The van der Waals surface area contributed by atoms with E-state index in [-0.39, 0.29) is 5.91 Å². The lowest BCUT2D eigenvalue weighted by Crippen LogP contribution is -2.27. The molecule has 2 rings (SSSR count). The SMILES string of the molecule is CCCC1CC1NC(=O)c1ccc(C)cc1Br. The quantitative estimate of drug-likeness (QED) is 0.902. The summed E-state index contributed by atoms with van der Waals surface area (Å²) in [5.41, 5.74) is 1.89. The molecule has 1 fully saturated rings. The van der Waals surface area contributed by atoms with Crippen molar-refractivity contribution >= 4 is 21.8 Å². The maximum absolute atomic E-state index is 12.0. The Morgan fingerprint density at radius 1 is 1.53 bits per heavy atom. The molecule has 17 heavy (non-hydrogen) atoms. The summed E-state index contributed by atoms with van der Waals surface area (Å²) < 4.78 is 0.877. The predicted octanol–water partition coefficient (Wildman–Crippen LogP) is 3.68. The first kappa shape index (κ1) is 12.6. The highest BCUT2D eigenvalue weighted by Crippen LogP contribution is 2.35. The molecule has 3 heteroatoms. The lowest BCUT2D eigenvalue weighted by atomic mass is 10.1. The van der Waals surface area contributed by atoms with Gasteiger partial charge >= 0.3 is 0 Å². The summed E-state index contributed by atoms with van der Waals surface area (Å²) in [5, 5.41) is 3.10. The highest BCUT2D eigenvalue weighted by atomic mass is 79.9. The number of amides is 1. The van der Waals surface area contributed by atoms with Crippen molar-refractivity contribution in [2.45, 2.75) is 39.2 Å². The molecule has 92 valence electrons. The first-order chi connectivity index (χ1) is 8.11. The van der Waals surface area contributed by atoms with E-state index < -0.39 is 0 Å². The molecule has 0 heterocycles. The summed E-state index contributed by atoms with van der Waals surface area (Å²) in [6.45, 7) is 4.21. The molecule has 0 aliphatic heterocycles. The van der Waals surface area contributed by atoms with E-state index in [1.54, 1.807) is 0 Å². The second-order valence-electron chi connectivity index (χ2n) is 4.85. The van der Waals surface area contributed by atoms with Gasteiger partial charge in [0.25, 0.3) is 5.91 Å². The van der Waals surface area contributed by atoms with E-state index in [0.29, 0.717) is 12.0 Å². The molecule has 0 radical (unpaired) electrons. The van der Waals surface area contributed by atoms with Crippen LogP contribution in [-0.4, -0.2) is 11.9 Å². The molecule has 1 saturated carbocycles. The highest BCUT2D eigenvalue weighted by molar-refractivity contribution is 9.10. The molecule has 0 spiro atoms. The van der Waals surface area contributed by atoms with Crippen LogP contribution in [0.4, 0.5) is 0 Å². The number of hydrogen-bond acceptors (Lipinski definition) is 1. The molecular weight excluding hydrogens is 278 g/mol. The first-order valence-corrected chi connectivity index (χ1v) is 6.98. The Labute approximate surface area is 111 Å². The summed E-state index contributed by atoms with van der Waals surface area (Å²) in [6.07, 6.45) is 3.56. The third-order valence-electron chi connectivity index (χ3n) is 3.27. The highest BCUT2D eigenvalue weighted by Gasteiger charge is 2.37. The molecule has 0 aromatic heterocycles. The van der Waals surface area contributed by atoms with Gasteiger partial charge in [-0.1, -0.05) is 19.4 Å². The monoisotopic (exact) mass is 295 g/mol. The van der Waals surface area contributed by atoms with Gasteiger partial charge in [0.05, 0.1) is 5.56 Å². The molecule has 1 aromatic rings. The van der Waals surface area contributed by atoms with Crippen LogP contribution < -0.4 is 5.32 Å². The fourth-order valence-corrected chi connectivity index (χ4v) is 2.84. The Bertz CT molecular complexity index is 430. The molecule has 1 amide bonds. The second kappa shape index (κ2) is 5.21. The van der Waals surface area contributed by atoms with Crippen LogP contribution in [0.3, 0.4) is 0 Å². The molecule has 0 saturated heterocycles. The van der Waals surface area contributed by atoms with E-state index in [9.17, 15) is 4.79 Å². The van der Waals surface area contributed by atoms with Gasteiger partial charge in [0, 0.05) is 10.5 Å². The van der Waals surface area contributed by atoms with Crippen molar-refractivity contribution in [1.29, 1.82) is 0 Å². The molecule has 1 N–H and O–H groups in total. The van der Waals surface area contributed by atoms with Crippen molar-refractivity contribution in [2.75, 3.05) is 0 Å². The maximum Gasteiger partial charge on any atom is 0.252 e. The van der Waals surface area contributed by atoms with E-state index in [0.717, 1.165) is 22.0 Å². The number of rotatable bonds is 4. The van der Waals surface area contributed by atoms with Gasteiger partial charge in [-0.05, 0) is 59.3 Å². The van der Waals surface area contributed by atoms with Crippen molar-refractivity contribution in [3.63, 3.8) is 0 Å². The topological polar surface area (TPSA) is 29.1 Å². The number of halogens is 1. The summed E-state index contributed by atoms with van der Waals surface area (Å²) in [4.78, 5) is 12.0. The van der Waals surface area contributed by atoms with Gasteiger partial charge in [0.2, 0.25) is 0 Å². The number of hydrogen-bond donors (Lipinski definition) is 1. The number of aryl methyl sites for hydroxylation is 1. The van der Waals surface area contributed by atoms with E-state index in [1.807, 2.05) is 25.1 Å². The van der Waals surface area contributed by atoms with Gasteiger partial charge in [-0.15, -0.1) is 0 Å². The standard InChI is InChI=1S/C14H18BrNO/c1-3-4-10-8-13(10)16-14(17)11-6-5-9(2)7-12(11)15/h5-7,10,13H,3-4,8H2,1-2H3,(H,16,17). The zero-order valence-electron chi connectivity index (χ0n) is 10.3. The predicted molar refractivity (Wildman–Crippen MR) is 73.1 cm³/mol. The van der Waals surface area contributed by atoms with Crippen LogP contribution in [0, 0.1) is 12.8 Å². The average molecular weight is 296 g/mol. The van der Waals surface area contributed by atoms with E-state index in [4.69, 9.17) is 0 Å². The fraction of sp³-hybridized carbons (Fsp3) is 0.500. The molecular formula is C14H18BrNO. The average Bonchev–Trinajstić information content (AvgIpc) is 2.96. The third-order valence-corrected chi connectivity index (χ3v) is 3.92. The van der Waals surface area contributed by atoms with Crippen molar-refractivity contribution < 1.29 is 4.79 Å². The van der Waals surface area contributed by atoms with Crippen LogP contribution in [0.25, 0.3) is 0 Å². The van der Waals surface area contributed by atoms with Gasteiger partial charge in [-0.2, -0.15) is 0 Å². The smallest absolute Gasteiger partial charge is 0.252 e.